The first-order valence-corrected chi connectivity index (χ1v) is 9.58. The zero-order valence-corrected chi connectivity index (χ0v) is 17.6. The van der Waals surface area contributed by atoms with Gasteiger partial charge in [-0.25, -0.2) is 4.99 Å². The fourth-order valence-corrected chi connectivity index (χ4v) is 2.45. The Morgan fingerprint density at radius 2 is 1.79 bits per heavy atom. The van der Waals surface area contributed by atoms with Crippen molar-refractivity contribution in [1.29, 1.82) is 0 Å². The first-order chi connectivity index (χ1) is 14.0. The molecule has 0 heterocycles. The number of ether oxygens (including phenoxy) is 2. The third-order valence-electron chi connectivity index (χ3n) is 4.14. The Labute approximate surface area is 172 Å². The van der Waals surface area contributed by atoms with Crippen molar-refractivity contribution in [3.05, 3.63) is 59.7 Å². The van der Waals surface area contributed by atoms with Crippen molar-refractivity contribution in [3.63, 3.8) is 0 Å². The van der Waals surface area contributed by atoms with Crippen LogP contribution in [0.5, 0.6) is 11.5 Å². The maximum Gasteiger partial charge on any atom is 0.259 e. The lowest BCUT2D eigenvalue weighted by molar-refractivity contribution is -0.130. The third kappa shape index (κ3) is 7.73. The smallest absolute Gasteiger partial charge is 0.259 e. The predicted molar refractivity (Wildman–Crippen MR) is 115 cm³/mol. The van der Waals surface area contributed by atoms with E-state index >= 15 is 0 Å². The number of nitrogens with zero attached hydrogens (tertiary/aromatic N) is 2. The first-order valence-electron chi connectivity index (χ1n) is 9.58. The van der Waals surface area contributed by atoms with Crippen LogP contribution in [-0.4, -0.2) is 51.1 Å². The van der Waals surface area contributed by atoms with Gasteiger partial charge in [-0.2, -0.15) is 0 Å². The second kappa shape index (κ2) is 11.6. The van der Waals surface area contributed by atoms with E-state index in [-0.39, 0.29) is 12.5 Å². The molecule has 0 aliphatic heterocycles. The van der Waals surface area contributed by atoms with Crippen molar-refractivity contribution in [2.24, 2.45) is 4.99 Å². The molecule has 2 rings (SSSR count). The number of methoxy groups -OCH3 is 1. The highest BCUT2D eigenvalue weighted by Gasteiger charge is 2.05. The Balaban J connectivity index is 1.94. The quantitative estimate of drug-likeness (QED) is 0.501. The second-order valence-corrected chi connectivity index (χ2v) is 6.62. The Morgan fingerprint density at radius 1 is 1.03 bits per heavy atom. The summed E-state index contributed by atoms with van der Waals surface area (Å²) in [4.78, 5) is 17.8. The van der Waals surface area contributed by atoms with E-state index in [0.29, 0.717) is 18.8 Å². The van der Waals surface area contributed by atoms with Crippen LogP contribution in [-0.2, 0) is 17.9 Å². The van der Waals surface area contributed by atoms with E-state index < -0.39 is 0 Å². The Hall–Kier alpha value is -3.22. The molecule has 2 N–H and O–H groups in total. The maximum absolute atomic E-state index is 11.7. The Bertz CT molecular complexity index is 804. The Morgan fingerprint density at radius 3 is 2.45 bits per heavy atom. The van der Waals surface area contributed by atoms with Gasteiger partial charge in [0.2, 0.25) is 0 Å². The number of aliphatic imine (C=N–C) groups is 1. The molecule has 0 aliphatic carbocycles. The van der Waals surface area contributed by atoms with E-state index in [0.717, 1.165) is 29.4 Å². The monoisotopic (exact) mass is 398 g/mol. The number of guanidine groups is 1. The van der Waals surface area contributed by atoms with Crippen LogP contribution in [0.15, 0.2) is 53.5 Å². The van der Waals surface area contributed by atoms with Gasteiger partial charge in [0.15, 0.2) is 12.6 Å². The molecule has 156 valence electrons. The van der Waals surface area contributed by atoms with E-state index in [1.54, 1.807) is 21.2 Å². The summed E-state index contributed by atoms with van der Waals surface area (Å²) in [5.74, 6) is 2.15. The summed E-state index contributed by atoms with van der Waals surface area (Å²) < 4.78 is 10.8. The molecule has 0 saturated heterocycles. The van der Waals surface area contributed by atoms with Gasteiger partial charge in [0.1, 0.15) is 11.5 Å². The summed E-state index contributed by atoms with van der Waals surface area (Å²) in [6, 6.07) is 15.5. The minimum atomic E-state index is -0.0782. The maximum atomic E-state index is 11.7. The standard InChI is InChI=1S/C22H30N4O3/c1-5-23-22(24-14-17-9-11-19(28-4)12-10-17)25-15-18-7-6-8-20(13-18)29-16-21(27)26(2)3/h6-13H,5,14-16H2,1-4H3,(H2,23,24,25). The fraction of sp³-hybridized carbons (Fsp3) is 0.364. The molecule has 0 aromatic heterocycles. The van der Waals surface area contributed by atoms with E-state index in [4.69, 9.17) is 9.47 Å². The fourth-order valence-electron chi connectivity index (χ4n) is 2.45. The Kier molecular flexibility index (Phi) is 8.82. The number of rotatable bonds is 9. The molecular weight excluding hydrogens is 368 g/mol. The predicted octanol–water partition coefficient (Wildman–Crippen LogP) is 2.42. The zero-order valence-electron chi connectivity index (χ0n) is 17.6. The van der Waals surface area contributed by atoms with Gasteiger partial charge in [0.25, 0.3) is 5.91 Å². The van der Waals surface area contributed by atoms with Crippen LogP contribution in [0, 0.1) is 0 Å². The van der Waals surface area contributed by atoms with Crippen LogP contribution in [0.4, 0.5) is 0 Å². The largest absolute Gasteiger partial charge is 0.497 e. The van der Waals surface area contributed by atoms with Crippen LogP contribution in [0.1, 0.15) is 18.1 Å². The van der Waals surface area contributed by atoms with Gasteiger partial charge in [0, 0.05) is 27.2 Å². The lowest BCUT2D eigenvalue weighted by atomic mass is 10.2. The van der Waals surface area contributed by atoms with Crippen LogP contribution >= 0.6 is 0 Å². The minimum absolute atomic E-state index is 0.0196. The normalized spacial score (nSPS) is 11.0. The molecular formula is C22H30N4O3. The molecule has 0 saturated carbocycles. The molecule has 29 heavy (non-hydrogen) atoms. The average Bonchev–Trinajstić information content (AvgIpc) is 2.74. The van der Waals surface area contributed by atoms with Crippen molar-refractivity contribution in [3.8, 4) is 11.5 Å². The van der Waals surface area contributed by atoms with Gasteiger partial charge in [-0.1, -0.05) is 24.3 Å². The van der Waals surface area contributed by atoms with E-state index in [9.17, 15) is 4.79 Å². The van der Waals surface area contributed by atoms with E-state index in [2.05, 4.69) is 15.6 Å². The summed E-state index contributed by atoms with van der Waals surface area (Å²) >= 11 is 0. The molecule has 7 heteroatoms. The van der Waals surface area contributed by atoms with Gasteiger partial charge in [-0.15, -0.1) is 0 Å². The molecule has 0 aliphatic rings. The van der Waals surface area contributed by atoms with Crippen LogP contribution in [0.2, 0.25) is 0 Å². The van der Waals surface area contributed by atoms with Gasteiger partial charge in [-0.05, 0) is 42.3 Å². The number of amides is 1. The van der Waals surface area contributed by atoms with Gasteiger partial charge in [0.05, 0.1) is 13.7 Å². The molecule has 0 unspecified atom stereocenters. The molecule has 0 radical (unpaired) electrons. The van der Waals surface area contributed by atoms with E-state index in [1.807, 2.05) is 55.5 Å². The number of hydrogen-bond donors (Lipinski definition) is 2. The number of carbonyl (C=O) groups is 1. The SMILES string of the molecule is CCNC(=NCc1cccc(OCC(=O)N(C)C)c1)NCc1ccc(OC)cc1. The lowest BCUT2D eigenvalue weighted by Crippen LogP contribution is -2.36. The topological polar surface area (TPSA) is 75.2 Å². The molecule has 0 atom stereocenters. The summed E-state index contributed by atoms with van der Waals surface area (Å²) in [7, 11) is 5.07. The summed E-state index contributed by atoms with van der Waals surface area (Å²) in [6.45, 7) is 3.97. The van der Waals surface area contributed by atoms with Crippen molar-refractivity contribution < 1.29 is 14.3 Å². The first kappa shape index (κ1) is 22.1. The third-order valence-corrected chi connectivity index (χ3v) is 4.14. The summed E-state index contributed by atoms with van der Waals surface area (Å²) in [6.07, 6.45) is 0. The average molecular weight is 399 g/mol. The number of likely N-dealkylation sites (N-methyl/N-ethyl adjacent to an activating group) is 1. The highest BCUT2D eigenvalue weighted by atomic mass is 16.5. The van der Waals surface area contributed by atoms with Crippen molar-refractivity contribution >= 4 is 11.9 Å². The van der Waals surface area contributed by atoms with Crippen LogP contribution < -0.4 is 20.1 Å². The zero-order chi connectivity index (χ0) is 21.1. The number of benzene rings is 2. The number of hydrogen-bond acceptors (Lipinski definition) is 4. The second-order valence-electron chi connectivity index (χ2n) is 6.62. The molecule has 0 bridgehead atoms. The highest BCUT2D eigenvalue weighted by Crippen LogP contribution is 2.14. The summed E-state index contributed by atoms with van der Waals surface area (Å²) in [5, 5.41) is 6.57. The van der Waals surface area contributed by atoms with Gasteiger partial charge >= 0.3 is 0 Å². The van der Waals surface area contributed by atoms with E-state index in [1.165, 1.54) is 4.90 Å². The molecule has 0 fully saturated rings. The minimum Gasteiger partial charge on any atom is -0.497 e. The van der Waals surface area contributed by atoms with Gasteiger partial charge in [-0.3, -0.25) is 4.79 Å². The van der Waals surface area contributed by atoms with Crippen molar-refractivity contribution in [2.45, 2.75) is 20.0 Å². The molecule has 7 nitrogen and oxygen atoms in total. The number of carbonyl (C=O) groups excluding carboxylic acids is 1. The van der Waals surface area contributed by atoms with Crippen molar-refractivity contribution in [2.75, 3.05) is 34.4 Å². The number of nitrogens with one attached hydrogen (secondary N) is 2. The molecule has 2 aromatic rings. The van der Waals surface area contributed by atoms with Crippen LogP contribution in [0.3, 0.4) is 0 Å². The lowest BCUT2D eigenvalue weighted by Gasteiger charge is -2.13. The van der Waals surface area contributed by atoms with Crippen LogP contribution in [0.25, 0.3) is 0 Å². The molecule has 1 amide bonds. The molecule has 0 spiro atoms. The highest BCUT2D eigenvalue weighted by molar-refractivity contribution is 5.79. The summed E-state index contributed by atoms with van der Waals surface area (Å²) in [5.41, 5.74) is 2.14. The molecule has 2 aromatic carbocycles. The van der Waals surface area contributed by atoms with Gasteiger partial charge < -0.3 is 25.0 Å². The van der Waals surface area contributed by atoms with Crippen molar-refractivity contribution in [1.82, 2.24) is 15.5 Å².